The van der Waals surface area contributed by atoms with Gasteiger partial charge in [0, 0.05) is 5.56 Å². The van der Waals surface area contributed by atoms with Gasteiger partial charge in [0.25, 0.3) is 5.91 Å². The Morgan fingerprint density at radius 2 is 1.90 bits per heavy atom. The molecule has 0 aliphatic carbocycles. The molecule has 2 heterocycles. The first-order chi connectivity index (χ1) is 14.7. The monoisotopic (exact) mass is 430 g/mol. The van der Waals surface area contributed by atoms with E-state index in [-0.39, 0.29) is 5.91 Å². The van der Waals surface area contributed by atoms with E-state index in [0.29, 0.717) is 16.6 Å². The van der Waals surface area contributed by atoms with Crippen molar-refractivity contribution in [3.63, 3.8) is 0 Å². The van der Waals surface area contributed by atoms with E-state index in [1.54, 1.807) is 0 Å². The number of thiophene rings is 1. The molecule has 5 rings (SSSR count). The van der Waals surface area contributed by atoms with Crippen LogP contribution in [0.5, 0.6) is 5.75 Å². The van der Waals surface area contributed by atoms with Crippen LogP contribution in [0.1, 0.15) is 20.8 Å². The summed E-state index contributed by atoms with van der Waals surface area (Å²) in [5.41, 5.74) is 3.01. The maximum atomic E-state index is 12.6. The molecule has 0 radical (unpaired) electrons. The molecule has 6 heteroatoms. The molecule has 2 aromatic heterocycles. The number of fused-ring (bicyclic) bond motifs is 2. The van der Waals surface area contributed by atoms with Crippen molar-refractivity contribution in [1.29, 1.82) is 0 Å². The summed E-state index contributed by atoms with van der Waals surface area (Å²) in [4.78, 5) is 17.8. The van der Waals surface area contributed by atoms with Crippen LogP contribution in [0.3, 0.4) is 0 Å². The Morgan fingerprint density at radius 3 is 2.77 bits per heavy atom. The van der Waals surface area contributed by atoms with Crippen LogP contribution in [0.2, 0.25) is 0 Å². The highest BCUT2D eigenvalue weighted by Crippen LogP contribution is 2.29. The van der Waals surface area contributed by atoms with Gasteiger partial charge >= 0.3 is 0 Å². The summed E-state index contributed by atoms with van der Waals surface area (Å²) in [6.45, 7) is 2.44. The number of thiazole rings is 1. The van der Waals surface area contributed by atoms with Crippen molar-refractivity contribution in [2.24, 2.45) is 0 Å². The second kappa shape index (κ2) is 7.89. The number of carbonyl (C=O) groups is 1. The minimum absolute atomic E-state index is 0.145. The van der Waals surface area contributed by atoms with Gasteiger partial charge in [-0.2, -0.15) is 0 Å². The summed E-state index contributed by atoms with van der Waals surface area (Å²) in [5, 5.41) is 7.82. The average molecular weight is 431 g/mol. The van der Waals surface area contributed by atoms with Crippen molar-refractivity contribution in [2.45, 2.75) is 13.5 Å². The minimum Gasteiger partial charge on any atom is -0.489 e. The Balaban J connectivity index is 1.26. The zero-order chi connectivity index (χ0) is 20.5. The highest BCUT2D eigenvalue weighted by molar-refractivity contribution is 7.22. The lowest BCUT2D eigenvalue weighted by Gasteiger charge is -2.06. The first-order valence-corrected chi connectivity index (χ1v) is 11.2. The predicted molar refractivity (Wildman–Crippen MR) is 125 cm³/mol. The van der Waals surface area contributed by atoms with Gasteiger partial charge in [-0.1, -0.05) is 53.8 Å². The number of amides is 1. The van der Waals surface area contributed by atoms with Gasteiger partial charge in [-0.3, -0.25) is 10.1 Å². The molecule has 3 aromatic carbocycles. The Labute approximate surface area is 181 Å². The van der Waals surface area contributed by atoms with Crippen LogP contribution in [-0.2, 0) is 6.61 Å². The molecular formula is C24H18N2O2S2. The van der Waals surface area contributed by atoms with Crippen LogP contribution in [0.25, 0.3) is 21.0 Å². The van der Waals surface area contributed by atoms with E-state index in [9.17, 15) is 4.79 Å². The molecule has 0 atom stereocenters. The lowest BCUT2D eigenvalue weighted by molar-refractivity contribution is 0.103. The zero-order valence-corrected chi connectivity index (χ0v) is 17.8. The zero-order valence-electron chi connectivity index (χ0n) is 16.2. The summed E-state index contributed by atoms with van der Waals surface area (Å²) >= 11 is 2.90. The second-order valence-corrected chi connectivity index (χ2v) is 8.95. The molecular weight excluding hydrogens is 412 g/mol. The van der Waals surface area contributed by atoms with Crippen LogP contribution in [0, 0.1) is 6.92 Å². The first kappa shape index (κ1) is 18.8. The molecule has 4 nitrogen and oxygen atoms in total. The third-order valence-corrected chi connectivity index (χ3v) is 6.76. The summed E-state index contributed by atoms with van der Waals surface area (Å²) < 4.78 is 7.00. The van der Waals surface area contributed by atoms with Gasteiger partial charge in [0.15, 0.2) is 5.13 Å². The van der Waals surface area contributed by atoms with Gasteiger partial charge in [0.1, 0.15) is 12.4 Å². The number of benzene rings is 3. The van der Waals surface area contributed by atoms with E-state index >= 15 is 0 Å². The van der Waals surface area contributed by atoms with E-state index < -0.39 is 0 Å². The van der Waals surface area contributed by atoms with Crippen molar-refractivity contribution < 1.29 is 9.53 Å². The lowest BCUT2D eigenvalue weighted by Crippen LogP contribution is -2.09. The highest BCUT2D eigenvalue weighted by Gasteiger charge is 2.13. The van der Waals surface area contributed by atoms with Crippen molar-refractivity contribution in [2.75, 3.05) is 5.32 Å². The number of para-hydroxylation sites is 1. The molecule has 0 spiro atoms. The molecule has 1 N–H and O–H groups in total. The SMILES string of the molecule is Cc1cccc2sc(NC(=O)c3cc(COc4ccc5ccccc5c4)cs3)nc12. The van der Waals surface area contributed by atoms with Gasteiger partial charge in [-0.25, -0.2) is 4.98 Å². The number of hydrogen-bond donors (Lipinski definition) is 1. The van der Waals surface area contributed by atoms with E-state index in [4.69, 9.17) is 4.74 Å². The average Bonchev–Trinajstić information content (AvgIpc) is 3.40. The molecule has 0 saturated carbocycles. The minimum atomic E-state index is -0.145. The summed E-state index contributed by atoms with van der Waals surface area (Å²) in [5.74, 6) is 0.671. The Kier molecular flexibility index (Phi) is 4.94. The number of aryl methyl sites for hydroxylation is 1. The molecule has 0 bridgehead atoms. The van der Waals surface area contributed by atoms with Gasteiger partial charge < -0.3 is 4.74 Å². The summed E-state index contributed by atoms with van der Waals surface area (Å²) in [6, 6.07) is 22.2. The van der Waals surface area contributed by atoms with Crippen LogP contribution in [0.4, 0.5) is 5.13 Å². The van der Waals surface area contributed by atoms with Crippen molar-refractivity contribution in [3.05, 3.63) is 88.1 Å². The third-order valence-electron chi connectivity index (χ3n) is 4.85. The van der Waals surface area contributed by atoms with Crippen LogP contribution in [0.15, 0.2) is 72.1 Å². The van der Waals surface area contributed by atoms with E-state index in [2.05, 4.69) is 28.5 Å². The molecule has 0 unspecified atom stereocenters. The first-order valence-electron chi connectivity index (χ1n) is 9.52. The molecule has 0 aliphatic heterocycles. The third kappa shape index (κ3) is 3.79. The predicted octanol–water partition coefficient (Wildman–Crippen LogP) is 6.65. The van der Waals surface area contributed by atoms with E-state index in [1.807, 2.05) is 60.8 Å². The standard InChI is InChI=1S/C24H18N2O2S2/c1-15-5-4-8-20-22(15)25-24(30-20)26-23(27)21-11-16(14-29-21)13-28-19-10-9-17-6-2-3-7-18(17)12-19/h2-12,14H,13H2,1H3,(H,25,26,27). The maximum Gasteiger partial charge on any atom is 0.267 e. The fourth-order valence-corrected chi connectivity index (χ4v) is 5.02. The fourth-order valence-electron chi connectivity index (χ4n) is 3.29. The number of ether oxygens (including phenoxy) is 1. The quantitative estimate of drug-likeness (QED) is 0.340. The molecule has 5 aromatic rings. The molecule has 30 heavy (non-hydrogen) atoms. The topological polar surface area (TPSA) is 51.2 Å². The number of anilines is 1. The molecule has 1 amide bonds. The van der Waals surface area contributed by atoms with Crippen LogP contribution >= 0.6 is 22.7 Å². The number of rotatable bonds is 5. The molecule has 0 fully saturated rings. The largest absolute Gasteiger partial charge is 0.489 e. The van der Waals surface area contributed by atoms with Gasteiger partial charge in [-0.05, 0) is 52.9 Å². The van der Waals surface area contributed by atoms with E-state index in [0.717, 1.165) is 32.5 Å². The van der Waals surface area contributed by atoms with Crippen molar-refractivity contribution in [1.82, 2.24) is 4.98 Å². The Hall–Kier alpha value is -3.22. The van der Waals surface area contributed by atoms with Crippen molar-refractivity contribution >= 4 is 54.7 Å². The van der Waals surface area contributed by atoms with Gasteiger partial charge in [-0.15, -0.1) is 11.3 Å². The van der Waals surface area contributed by atoms with Gasteiger partial charge in [0.05, 0.1) is 15.1 Å². The van der Waals surface area contributed by atoms with Crippen molar-refractivity contribution in [3.8, 4) is 5.75 Å². The smallest absolute Gasteiger partial charge is 0.267 e. The fraction of sp³-hybridized carbons (Fsp3) is 0.0833. The van der Waals surface area contributed by atoms with Crippen LogP contribution in [-0.4, -0.2) is 10.9 Å². The molecule has 0 saturated heterocycles. The Morgan fingerprint density at radius 1 is 1.03 bits per heavy atom. The molecule has 0 aliphatic rings. The lowest BCUT2D eigenvalue weighted by atomic mass is 10.1. The number of nitrogens with zero attached hydrogens (tertiary/aromatic N) is 1. The number of nitrogens with one attached hydrogen (secondary N) is 1. The highest BCUT2D eigenvalue weighted by atomic mass is 32.1. The Bertz CT molecular complexity index is 1370. The summed E-state index contributed by atoms with van der Waals surface area (Å²) in [7, 11) is 0. The molecule has 148 valence electrons. The maximum absolute atomic E-state index is 12.6. The number of hydrogen-bond acceptors (Lipinski definition) is 5. The number of aromatic nitrogens is 1. The normalized spacial score (nSPS) is 11.1. The van der Waals surface area contributed by atoms with E-state index in [1.165, 1.54) is 28.1 Å². The van der Waals surface area contributed by atoms with Crippen LogP contribution < -0.4 is 10.1 Å². The number of carbonyl (C=O) groups excluding carboxylic acids is 1. The van der Waals surface area contributed by atoms with Gasteiger partial charge in [0.2, 0.25) is 0 Å². The second-order valence-electron chi connectivity index (χ2n) is 7.01. The summed E-state index contributed by atoms with van der Waals surface area (Å²) in [6.07, 6.45) is 0.